The van der Waals surface area contributed by atoms with Crippen LogP contribution in [0.25, 0.3) is 0 Å². The Bertz CT molecular complexity index is 467. The molecule has 0 saturated heterocycles. The normalized spacial score (nSPS) is 11.7. The largest absolute Gasteiger partial charge is 0.494 e. The molecule has 108 valence electrons. The van der Waals surface area contributed by atoms with Gasteiger partial charge >= 0.3 is 5.97 Å². The van der Waals surface area contributed by atoms with Gasteiger partial charge in [-0.15, -0.1) is 6.58 Å². The topological polar surface area (TPSA) is 75.6 Å². The second-order valence-electron chi connectivity index (χ2n) is 4.17. The lowest BCUT2D eigenvalue weighted by atomic mass is 10.0. The van der Waals surface area contributed by atoms with Crippen LogP contribution in [0.3, 0.4) is 0 Å². The lowest BCUT2D eigenvalue weighted by molar-refractivity contribution is -0.137. The molecule has 0 bridgehead atoms. The third-order valence-electron chi connectivity index (χ3n) is 2.65. The SMILES string of the molecule is C=CCNC(CC(=O)O)C(=O)c1ccc(OCC)cc1. The van der Waals surface area contributed by atoms with Crippen molar-refractivity contribution in [3.63, 3.8) is 0 Å². The van der Waals surface area contributed by atoms with E-state index in [2.05, 4.69) is 11.9 Å². The number of hydrogen-bond acceptors (Lipinski definition) is 4. The summed E-state index contributed by atoms with van der Waals surface area (Å²) in [7, 11) is 0. The molecule has 1 atom stereocenters. The third kappa shape index (κ3) is 4.85. The van der Waals surface area contributed by atoms with Crippen molar-refractivity contribution < 1.29 is 19.4 Å². The molecule has 5 nitrogen and oxygen atoms in total. The lowest BCUT2D eigenvalue weighted by Gasteiger charge is -2.15. The van der Waals surface area contributed by atoms with Crippen LogP contribution < -0.4 is 10.1 Å². The minimum atomic E-state index is -1.02. The number of hydrogen-bond donors (Lipinski definition) is 2. The molecule has 0 aliphatic rings. The van der Waals surface area contributed by atoms with E-state index in [0.29, 0.717) is 24.5 Å². The minimum Gasteiger partial charge on any atom is -0.494 e. The Morgan fingerprint density at radius 3 is 2.55 bits per heavy atom. The molecule has 0 aliphatic heterocycles. The van der Waals surface area contributed by atoms with Gasteiger partial charge in [0.1, 0.15) is 5.75 Å². The summed E-state index contributed by atoms with van der Waals surface area (Å²) in [4.78, 5) is 23.1. The van der Waals surface area contributed by atoms with Crippen LogP contribution in [-0.4, -0.2) is 36.1 Å². The van der Waals surface area contributed by atoms with Crippen molar-refractivity contribution >= 4 is 11.8 Å². The molecule has 0 saturated carbocycles. The smallest absolute Gasteiger partial charge is 0.305 e. The Kier molecular flexibility index (Phi) is 6.46. The number of carbonyl (C=O) groups is 2. The van der Waals surface area contributed by atoms with E-state index in [-0.39, 0.29) is 12.2 Å². The van der Waals surface area contributed by atoms with Crippen LogP contribution in [-0.2, 0) is 4.79 Å². The number of rotatable bonds is 9. The van der Waals surface area contributed by atoms with E-state index in [1.165, 1.54) is 0 Å². The standard InChI is InChI=1S/C15H19NO4/c1-3-9-16-13(10-14(17)18)15(19)11-5-7-12(8-6-11)20-4-2/h3,5-8,13,16H,1,4,9-10H2,2H3,(H,17,18). The van der Waals surface area contributed by atoms with Gasteiger partial charge in [-0.05, 0) is 31.2 Å². The van der Waals surface area contributed by atoms with Crippen molar-refractivity contribution in [2.24, 2.45) is 0 Å². The Morgan fingerprint density at radius 1 is 1.40 bits per heavy atom. The summed E-state index contributed by atoms with van der Waals surface area (Å²) < 4.78 is 5.30. The molecule has 1 aromatic rings. The molecule has 20 heavy (non-hydrogen) atoms. The highest BCUT2D eigenvalue weighted by molar-refractivity contribution is 6.01. The highest BCUT2D eigenvalue weighted by Crippen LogP contribution is 2.14. The maximum Gasteiger partial charge on any atom is 0.305 e. The fourth-order valence-corrected chi connectivity index (χ4v) is 1.74. The zero-order valence-corrected chi connectivity index (χ0v) is 11.5. The second kappa shape index (κ2) is 8.12. The van der Waals surface area contributed by atoms with Crippen LogP contribution in [0.5, 0.6) is 5.75 Å². The number of aliphatic carboxylic acids is 1. The fourth-order valence-electron chi connectivity index (χ4n) is 1.74. The van der Waals surface area contributed by atoms with Crippen LogP contribution in [0.15, 0.2) is 36.9 Å². The van der Waals surface area contributed by atoms with Gasteiger partial charge in [-0.2, -0.15) is 0 Å². The first-order chi connectivity index (χ1) is 9.58. The van der Waals surface area contributed by atoms with Crippen molar-refractivity contribution in [2.75, 3.05) is 13.2 Å². The lowest BCUT2D eigenvalue weighted by Crippen LogP contribution is -2.38. The summed E-state index contributed by atoms with van der Waals surface area (Å²) in [5.74, 6) is -0.596. The van der Waals surface area contributed by atoms with Gasteiger partial charge in [-0.3, -0.25) is 9.59 Å². The van der Waals surface area contributed by atoms with Crippen molar-refractivity contribution in [3.8, 4) is 5.75 Å². The van der Waals surface area contributed by atoms with Gasteiger partial charge in [-0.1, -0.05) is 6.08 Å². The highest BCUT2D eigenvalue weighted by atomic mass is 16.5. The zero-order valence-electron chi connectivity index (χ0n) is 11.5. The number of carboxylic acid groups (broad SMARTS) is 1. The van der Waals surface area contributed by atoms with Crippen LogP contribution in [0.4, 0.5) is 0 Å². The first-order valence-electron chi connectivity index (χ1n) is 6.41. The van der Waals surface area contributed by atoms with Crippen molar-refractivity contribution in [2.45, 2.75) is 19.4 Å². The maximum atomic E-state index is 12.3. The number of carbonyl (C=O) groups excluding carboxylic acids is 1. The Morgan fingerprint density at radius 2 is 2.05 bits per heavy atom. The summed E-state index contributed by atoms with van der Waals surface area (Å²) in [6.45, 7) is 6.34. The predicted molar refractivity (Wildman–Crippen MR) is 76.2 cm³/mol. The molecule has 1 aromatic carbocycles. The second-order valence-corrected chi connectivity index (χ2v) is 4.17. The van der Waals surface area contributed by atoms with E-state index >= 15 is 0 Å². The molecular weight excluding hydrogens is 258 g/mol. The van der Waals surface area contributed by atoms with Gasteiger partial charge in [0.05, 0.1) is 19.1 Å². The molecule has 0 radical (unpaired) electrons. The van der Waals surface area contributed by atoms with Crippen LogP contribution in [0.1, 0.15) is 23.7 Å². The van der Waals surface area contributed by atoms with Crippen molar-refractivity contribution in [3.05, 3.63) is 42.5 Å². The summed E-state index contributed by atoms with van der Waals surface area (Å²) in [6.07, 6.45) is 1.32. The average Bonchev–Trinajstić information content (AvgIpc) is 2.43. The van der Waals surface area contributed by atoms with Crippen LogP contribution >= 0.6 is 0 Å². The summed E-state index contributed by atoms with van der Waals surface area (Å²) in [5.41, 5.74) is 0.455. The molecule has 2 N–H and O–H groups in total. The van der Waals surface area contributed by atoms with Gasteiger partial charge in [0.15, 0.2) is 5.78 Å². The third-order valence-corrected chi connectivity index (χ3v) is 2.65. The summed E-state index contributed by atoms with van der Waals surface area (Å²) in [6, 6.07) is 5.91. The Hall–Kier alpha value is -2.14. The molecular formula is C15H19NO4. The van der Waals surface area contributed by atoms with E-state index in [1.54, 1.807) is 30.3 Å². The number of Topliss-reactive ketones (excluding diaryl/α,β-unsaturated/α-hetero) is 1. The van der Waals surface area contributed by atoms with E-state index in [1.807, 2.05) is 6.92 Å². The molecule has 1 rings (SSSR count). The highest BCUT2D eigenvalue weighted by Gasteiger charge is 2.22. The summed E-state index contributed by atoms with van der Waals surface area (Å²) in [5, 5.41) is 11.7. The Balaban J connectivity index is 2.81. The fraction of sp³-hybridized carbons (Fsp3) is 0.333. The van der Waals surface area contributed by atoms with E-state index < -0.39 is 12.0 Å². The predicted octanol–water partition coefficient (Wildman–Crippen LogP) is 1.89. The monoisotopic (exact) mass is 277 g/mol. The van der Waals surface area contributed by atoms with Gasteiger partial charge in [0.25, 0.3) is 0 Å². The van der Waals surface area contributed by atoms with Gasteiger partial charge < -0.3 is 15.2 Å². The molecule has 5 heteroatoms. The van der Waals surface area contributed by atoms with Crippen LogP contribution in [0, 0.1) is 0 Å². The number of ketones is 1. The molecule has 1 unspecified atom stereocenters. The molecule has 0 aromatic heterocycles. The minimum absolute atomic E-state index is 0.253. The number of carboxylic acids is 1. The average molecular weight is 277 g/mol. The molecule has 0 heterocycles. The molecule has 0 spiro atoms. The molecule has 0 aliphatic carbocycles. The molecule has 0 fully saturated rings. The van der Waals surface area contributed by atoms with E-state index in [0.717, 1.165) is 0 Å². The summed E-state index contributed by atoms with van der Waals surface area (Å²) >= 11 is 0. The number of benzene rings is 1. The van der Waals surface area contributed by atoms with Gasteiger partial charge in [0.2, 0.25) is 0 Å². The first kappa shape index (κ1) is 15.9. The maximum absolute atomic E-state index is 12.3. The van der Waals surface area contributed by atoms with E-state index in [9.17, 15) is 9.59 Å². The van der Waals surface area contributed by atoms with E-state index in [4.69, 9.17) is 9.84 Å². The van der Waals surface area contributed by atoms with Crippen LogP contribution in [0.2, 0.25) is 0 Å². The van der Waals surface area contributed by atoms with Crippen molar-refractivity contribution in [1.82, 2.24) is 5.32 Å². The van der Waals surface area contributed by atoms with Crippen molar-refractivity contribution in [1.29, 1.82) is 0 Å². The zero-order chi connectivity index (χ0) is 15.0. The quantitative estimate of drug-likeness (QED) is 0.532. The Labute approximate surface area is 118 Å². The van der Waals surface area contributed by atoms with Gasteiger partial charge in [-0.25, -0.2) is 0 Å². The van der Waals surface area contributed by atoms with Gasteiger partial charge in [0, 0.05) is 12.1 Å². The first-order valence-corrected chi connectivity index (χ1v) is 6.41. The molecule has 0 amide bonds. The number of ether oxygens (including phenoxy) is 1. The number of nitrogens with one attached hydrogen (secondary N) is 1.